The molecule has 1 aromatic rings. The molecule has 96 valence electrons. The van der Waals surface area contributed by atoms with Gasteiger partial charge in [0.05, 0.1) is 5.56 Å². The molecule has 5 heteroatoms. The highest BCUT2D eigenvalue weighted by Crippen LogP contribution is 2.39. The molecule has 1 rings (SSSR count). The summed E-state index contributed by atoms with van der Waals surface area (Å²) < 4.78 is 52.4. The van der Waals surface area contributed by atoms with E-state index < -0.39 is 17.4 Å². The maximum absolute atomic E-state index is 14.3. The van der Waals surface area contributed by atoms with Crippen molar-refractivity contribution in [1.29, 1.82) is 0 Å². The van der Waals surface area contributed by atoms with Gasteiger partial charge in [-0.05, 0) is 33.0 Å². The third-order valence-electron chi connectivity index (χ3n) is 2.64. The molecule has 0 aromatic heterocycles. The van der Waals surface area contributed by atoms with E-state index in [1.165, 1.54) is 25.1 Å². The van der Waals surface area contributed by atoms with Gasteiger partial charge in [-0.15, -0.1) is 0 Å². The molecule has 0 saturated heterocycles. The fourth-order valence-corrected chi connectivity index (χ4v) is 1.68. The molecule has 1 atom stereocenters. The van der Waals surface area contributed by atoms with Crippen molar-refractivity contribution in [2.45, 2.75) is 25.2 Å². The molecular formula is C12H15F4N. The zero-order valence-electron chi connectivity index (χ0n) is 9.74. The van der Waals surface area contributed by atoms with Gasteiger partial charge in [0.1, 0.15) is 5.67 Å². The van der Waals surface area contributed by atoms with Gasteiger partial charge in [-0.1, -0.05) is 18.2 Å². The highest BCUT2D eigenvalue weighted by Gasteiger charge is 2.39. The summed E-state index contributed by atoms with van der Waals surface area (Å²) in [5, 5.41) is 2.73. The first-order valence-corrected chi connectivity index (χ1v) is 5.29. The zero-order valence-corrected chi connectivity index (χ0v) is 9.74. The van der Waals surface area contributed by atoms with E-state index in [-0.39, 0.29) is 12.0 Å². The zero-order chi connectivity index (χ0) is 13.1. The Labute approximate surface area is 97.8 Å². The third kappa shape index (κ3) is 3.43. The second-order valence-corrected chi connectivity index (χ2v) is 4.09. The molecule has 17 heavy (non-hydrogen) atoms. The fraction of sp³-hybridized carbons (Fsp3) is 0.500. The molecule has 0 saturated carbocycles. The molecule has 0 bridgehead atoms. The van der Waals surface area contributed by atoms with Crippen LogP contribution < -0.4 is 5.32 Å². The first kappa shape index (κ1) is 14.0. The molecular weight excluding hydrogens is 234 g/mol. The standard InChI is InChI=1S/C12H15F4N/c1-11(13,7-8-17-2)9-5-3-4-6-10(9)12(14,15)16/h3-6,17H,7-8H2,1-2H3. The number of halogens is 4. The SMILES string of the molecule is CNCCC(C)(F)c1ccccc1C(F)(F)F. The van der Waals surface area contributed by atoms with Crippen LogP contribution in [0.2, 0.25) is 0 Å². The number of benzene rings is 1. The number of rotatable bonds is 4. The lowest BCUT2D eigenvalue weighted by molar-refractivity contribution is -0.139. The number of hydrogen-bond acceptors (Lipinski definition) is 1. The van der Waals surface area contributed by atoms with Gasteiger partial charge >= 0.3 is 6.18 Å². The molecule has 0 amide bonds. The van der Waals surface area contributed by atoms with E-state index in [1.807, 2.05) is 0 Å². The summed E-state index contributed by atoms with van der Waals surface area (Å²) in [7, 11) is 1.63. The quantitative estimate of drug-likeness (QED) is 0.805. The van der Waals surface area contributed by atoms with E-state index in [0.29, 0.717) is 6.54 Å². The smallest absolute Gasteiger partial charge is 0.320 e. The molecule has 0 fully saturated rings. The first-order valence-electron chi connectivity index (χ1n) is 5.29. The fourth-order valence-electron chi connectivity index (χ4n) is 1.68. The lowest BCUT2D eigenvalue weighted by atomic mass is 9.90. The molecule has 1 N–H and O–H groups in total. The third-order valence-corrected chi connectivity index (χ3v) is 2.64. The molecule has 1 aromatic carbocycles. The van der Waals surface area contributed by atoms with E-state index in [0.717, 1.165) is 6.07 Å². The number of alkyl halides is 4. The number of nitrogens with one attached hydrogen (secondary N) is 1. The van der Waals surface area contributed by atoms with Crippen molar-refractivity contribution in [3.63, 3.8) is 0 Å². The maximum Gasteiger partial charge on any atom is 0.416 e. The predicted molar refractivity (Wildman–Crippen MR) is 58.4 cm³/mol. The Morgan fingerprint density at radius 1 is 1.06 bits per heavy atom. The minimum atomic E-state index is -4.52. The average Bonchev–Trinajstić information content (AvgIpc) is 2.25. The van der Waals surface area contributed by atoms with E-state index in [4.69, 9.17) is 0 Å². The van der Waals surface area contributed by atoms with Crippen LogP contribution in [-0.2, 0) is 11.8 Å². The van der Waals surface area contributed by atoms with E-state index in [9.17, 15) is 17.6 Å². The summed E-state index contributed by atoms with van der Waals surface area (Å²) in [6, 6.07) is 4.78. The van der Waals surface area contributed by atoms with Crippen LogP contribution in [0.4, 0.5) is 17.6 Å². The van der Waals surface area contributed by atoms with Crippen molar-refractivity contribution in [2.75, 3.05) is 13.6 Å². The molecule has 1 nitrogen and oxygen atoms in total. The van der Waals surface area contributed by atoms with Gasteiger partial charge in [-0.2, -0.15) is 13.2 Å². The Balaban J connectivity index is 3.13. The Bertz CT molecular complexity index is 371. The summed E-state index contributed by atoms with van der Waals surface area (Å²) in [4.78, 5) is 0. The topological polar surface area (TPSA) is 12.0 Å². The maximum atomic E-state index is 14.3. The Kier molecular flexibility index (Phi) is 4.14. The molecule has 1 unspecified atom stereocenters. The lowest BCUT2D eigenvalue weighted by Gasteiger charge is -2.24. The second kappa shape index (κ2) is 5.04. The van der Waals surface area contributed by atoms with Gasteiger partial charge in [-0.25, -0.2) is 4.39 Å². The van der Waals surface area contributed by atoms with E-state index in [1.54, 1.807) is 7.05 Å². The van der Waals surface area contributed by atoms with Crippen molar-refractivity contribution in [3.8, 4) is 0 Å². The summed E-state index contributed by atoms with van der Waals surface area (Å²) in [6.45, 7) is 1.49. The Morgan fingerprint density at radius 2 is 1.59 bits per heavy atom. The lowest BCUT2D eigenvalue weighted by Crippen LogP contribution is -2.25. The molecule has 0 spiro atoms. The van der Waals surface area contributed by atoms with E-state index in [2.05, 4.69) is 5.32 Å². The summed E-state index contributed by atoms with van der Waals surface area (Å²) >= 11 is 0. The highest BCUT2D eigenvalue weighted by atomic mass is 19.4. The van der Waals surface area contributed by atoms with Crippen molar-refractivity contribution >= 4 is 0 Å². The van der Waals surface area contributed by atoms with Crippen LogP contribution in [-0.4, -0.2) is 13.6 Å². The summed E-state index contributed by atoms with van der Waals surface area (Å²) in [6.07, 6.45) is -4.53. The molecule has 0 radical (unpaired) electrons. The summed E-state index contributed by atoms with van der Waals surface area (Å²) in [5.74, 6) is 0. The van der Waals surface area contributed by atoms with Crippen molar-refractivity contribution < 1.29 is 17.6 Å². The van der Waals surface area contributed by atoms with Gasteiger partial charge in [0.15, 0.2) is 0 Å². The van der Waals surface area contributed by atoms with Crippen LogP contribution in [0, 0.1) is 0 Å². The van der Waals surface area contributed by atoms with Crippen LogP contribution >= 0.6 is 0 Å². The van der Waals surface area contributed by atoms with Gasteiger partial charge in [0, 0.05) is 5.56 Å². The van der Waals surface area contributed by atoms with Crippen LogP contribution in [0.1, 0.15) is 24.5 Å². The first-order chi connectivity index (χ1) is 7.79. The van der Waals surface area contributed by atoms with Crippen molar-refractivity contribution in [2.24, 2.45) is 0 Å². The van der Waals surface area contributed by atoms with Crippen molar-refractivity contribution in [1.82, 2.24) is 5.32 Å². The normalized spacial score (nSPS) is 15.6. The molecule has 0 heterocycles. The van der Waals surface area contributed by atoms with Gasteiger partial charge in [0.25, 0.3) is 0 Å². The van der Waals surface area contributed by atoms with Gasteiger partial charge < -0.3 is 5.32 Å². The Morgan fingerprint density at radius 3 is 2.06 bits per heavy atom. The van der Waals surface area contributed by atoms with Crippen molar-refractivity contribution in [3.05, 3.63) is 35.4 Å². The van der Waals surface area contributed by atoms with Crippen LogP contribution in [0.5, 0.6) is 0 Å². The van der Waals surface area contributed by atoms with Crippen LogP contribution in [0.25, 0.3) is 0 Å². The average molecular weight is 249 g/mol. The summed E-state index contributed by atoms with van der Waals surface area (Å²) in [5.41, 5.74) is -3.20. The largest absolute Gasteiger partial charge is 0.416 e. The predicted octanol–water partition coefficient (Wildman–Crippen LogP) is 3.50. The van der Waals surface area contributed by atoms with Gasteiger partial charge in [-0.3, -0.25) is 0 Å². The highest BCUT2D eigenvalue weighted by molar-refractivity contribution is 5.34. The van der Waals surface area contributed by atoms with Crippen LogP contribution in [0.15, 0.2) is 24.3 Å². The molecule has 0 aliphatic heterocycles. The minimum absolute atomic E-state index is 0.00338. The van der Waals surface area contributed by atoms with E-state index >= 15 is 0 Å². The molecule has 0 aliphatic carbocycles. The number of hydrogen-bond donors (Lipinski definition) is 1. The minimum Gasteiger partial charge on any atom is -0.320 e. The monoisotopic (exact) mass is 249 g/mol. The van der Waals surface area contributed by atoms with Crippen LogP contribution in [0.3, 0.4) is 0 Å². The molecule has 0 aliphatic rings. The van der Waals surface area contributed by atoms with Gasteiger partial charge in [0.2, 0.25) is 0 Å². The second-order valence-electron chi connectivity index (χ2n) is 4.09. The Hall–Kier alpha value is -1.10.